The fourth-order valence-corrected chi connectivity index (χ4v) is 3.73. The minimum atomic E-state index is -4.97. The summed E-state index contributed by atoms with van der Waals surface area (Å²) in [5.41, 5.74) is -0.0682. The maximum Gasteiger partial charge on any atom is 0.416 e. The molecule has 5 aromatic rings. The van der Waals surface area contributed by atoms with E-state index in [2.05, 4.69) is 30.6 Å². The predicted molar refractivity (Wildman–Crippen MR) is 130 cm³/mol. The Kier molecular flexibility index (Phi) is 6.50. The zero-order valence-corrected chi connectivity index (χ0v) is 20.0. The lowest BCUT2D eigenvalue weighted by Gasteiger charge is -2.13. The zero-order chi connectivity index (χ0) is 27.8. The highest BCUT2D eigenvalue weighted by molar-refractivity contribution is 5.66. The van der Waals surface area contributed by atoms with Gasteiger partial charge in [-0.15, -0.1) is 5.10 Å². The fraction of sp³-hybridized carbons (Fsp3) is 0.115. The highest BCUT2D eigenvalue weighted by Crippen LogP contribution is 2.38. The van der Waals surface area contributed by atoms with Crippen LogP contribution in [0, 0.1) is 6.92 Å². The summed E-state index contributed by atoms with van der Waals surface area (Å²) in [6.45, 7) is 1.84. The van der Waals surface area contributed by atoms with E-state index in [9.17, 15) is 26.3 Å². The Balaban J connectivity index is 1.46. The Morgan fingerprint density at radius 1 is 0.795 bits per heavy atom. The Bertz CT molecular complexity index is 1600. The number of nitrogens with zero attached hydrogens (tertiary/aromatic N) is 6. The third-order valence-corrected chi connectivity index (χ3v) is 5.72. The minimum absolute atomic E-state index is 0.0667. The average molecular weight is 541 g/mol. The summed E-state index contributed by atoms with van der Waals surface area (Å²) in [5.74, 6) is 0.305. The zero-order valence-electron chi connectivity index (χ0n) is 20.0. The summed E-state index contributed by atoms with van der Waals surface area (Å²) in [7, 11) is 0. The average Bonchev–Trinajstić information content (AvgIpc) is 3.40. The van der Waals surface area contributed by atoms with Gasteiger partial charge in [0.15, 0.2) is 0 Å². The van der Waals surface area contributed by atoms with Crippen molar-refractivity contribution >= 4 is 11.6 Å². The molecule has 0 saturated carbocycles. The number of aryl methyl sites for hydroxylation is 1. The van der Waals surface area contributed by atoms with Crippen LogP contribution < -0.4 is 5.32 Å². The van der Waals surface area contributed by atoms with Gasteiger partial charge in [-0.2, -0.15) is 26.3 Å². The number of pyridine rings is 1. The first-order chi connectivity index (χ1) is 18.5. The van der Waals surface area contributed by atoms with Crippen LogP contribution in [-0.4, -0.2) is 29.9 Å². The lowest BCUT2D eigenvalue weighted by atomic mass is 10.0. The molecule has 2 aromatic carbocycles. The van der Waals surface area contributed by atoms with Gasteiger partial charge in [-0.05, 0) is 61.0 Å². The number of halogens is 6. The van der Waals surface area contributed by atoms with E-state index < -0.39 is 23.5 Å². The molecule has 0 saturated heterocycles. The number of rotatable bonds is 5. The molecule has 0 unspecified atom stereocenters. The van der Waals surface area contributed by atoms with Gasteiger partial charge in [-0.3, -0.25) is 4.98 Å². The molecule has 13 heteroatoms. The van der Waals surface area contributed by atoms with Gasteiger partial charge in [-0.25, -0.2) is 14.6 Å². The first-order valence-electron chi connectivity index (χ1n) is 11.3. The minimum Gasteiger partial charge on any atom is -0.324 e. The van der Waals surface area contributed by atoms with E-state index in [0.29, 0.717) is 35.1 Å². The highest BCUT2D eigenvalue weighted by Gasteiger charge is 2.37. The van der Waals surface area contributed by atoms with E-state index in [1.165, 1.54) is 10.9 Å². The molecule has 0 aliphatic carbocycles. The number of alkyl halides is 6. The van der Waals surface area contributed by atoms with Gasteiger partial charge < -0.3 is 5.32 Å². The van der Waals surface area contributed by atoms with Crippen LogP contribution in [0.5, 0.6) is 0 Å². The monoisotopic (exact) mass is 541 g/mol. The summed E-state index contributed by atoms with van der Waals surface area (Å²) in [4.78, 5) is 12.8. The Hall–Kier alpha value is -4.81. The van der Waals surface area contributed by atoms with Gasteiger partial charge in [0.2, 0.25) is 5.95 Å². The van der Waals surface area contributed by atoms with Crippen molar-refractivity contribution in [2.45, 2.75) is 19.3 Å². The van der Waals surface area contributed by atoms with Crippen molar-refractivity contribution in [2.75, 3.05) is 5.32 Å². The van der Waals surface area contributed by atoms with Gasteiger partial charge in [0.1, 0.15) is 5.69 Å². The van der Waals surface area contributed by atoms with Gasteiger partial charge in [-0.1, -0.05) is 11.3 Å². The molecule has 0 aliphatic heterocycles. The summed E-state index contributed by atoms with van der Waals surface area (Å²) < 4.78 is 80.9. The second-order valence-corrected chi connectivity index (χ2v) is 8.47. The van der Waals surface area contributed by atoms with Gasteiger partial charge in [0.05, 0.1) is 28.7 Å². The van der Waals surface area contributed by atoms with Crippen LogP contribution in [0.2, 0.25) is 0 Å². The molecule has 0 bridgehead atoms. The largest absolute Gasteiger partial charge is 0.416 e. The maximum atomic E-state index is 13.3. The molecule has 198 valence electrons. The Morgan fingerprint density at radius 3 is 2.21 bits per heavy atom. The summed E-state index contributed by atoms with van der Waals surface area (Å²) in [6, 6.07) is 11.8. The van der Waals surface area contributed by atoms with Crippen LogP contribution in [0.25, 0.3) is 28.2 Å². The predicted octanol–water partition coefficient (Wildman–Crippen LogP) is 6.88. The molecular formula is C26H17F6N7. The van der Waals surface area contributed by atoms with Gasteiger partial charge >= 0.3 is 12.4 Å². The number of hydrogen-bond donors (Lipinski definition) is 1. The van der Waals surface area contributed by atoms with E-state index in [1.54, 1.807) is 48.9 Å². The summed E-state index contributed by atoms with van der Waals surface area (Å²) >= 11 is 0. The third kappa shape index (κ3) is 5.71. The van der Waals surface area contributed by atoms with Gasteiger partial charge in [0.25, 0.3) is 0 Å². The van der Waals surface area contributed by atoms with Crippen LogP contribution in [0.3, 0.4) is 0 Å². The third-order valence-electron chi connectivity index (χ3n) is 5.72. The summed E-state index contributed by atoms with van der Waals surface area (Å²) in [6.07, 6.45) is -3.78. The normalized spacial score (nSPS) is 12.0. The van der Waals surface area contributed by atoms with Crippen molar-refractivity contribution in [2.24, 2.45) is 0 Å². The van der Waals surface area contributed by atoms with Crippen molar-refractivity contribution in [3.05, 3.63) is 96.1 Å². The second kappa shape index (κ2) is 9.82. The van der Waals surface area contributed by atoms with Crippen molar-refractivity contribution in [1.82, 2.24) is 29.9 Å². The molecule has 3 heterocycles. The van der Waals surface area contributed by atoms with E-state index in [-0.39, 0.29) is 17.3 Å². The molecule has 3 aromatic heterocycles. The van der Waals surface area contributed by atoms with Crippen molar-refractivity contribution in [1.29, 1.82) is 0 Å². The SMILES string of the molecule is Cc1ccc(-n2cc(-c3cc(C(F)(F)F)cc(C(F)(F)F)c3)nn2)cc1Nc1nccc(-c2cccnc2)n1. The van der Waals surface area contributed by atoms with Crippen molar-refractivity contribution < 1.29 is 26.3 Å². The molecule has 0 radical (unpaired) electrons. The fourth-order valence-electron chi connectivity index (χ4n) is 3.73. The first kappa shape index (κ1) is 25.8. The van der Waals surface area contributed by atoms with Gasteiger partial charge in [0, 0.05) is 35.4 Å². The quantitative estimate of drug-likeness (QED) is 0.245. The van der Waals surface area contributed by atoms with E-state index >= 15 is 0 Å². The van der Waals surface area contributed by atoms with Crippen LogP contribution in [-0.2, 0) is 12.4 Å². The molecule has 5 rings (SSSR count). The van der Waals surface area contributed by atoms with Crippen molar-refractivity contribution in [3.63, 3.8) is 0 Å². The maximum absolute atomic E-state index is 13.3. The molecular weight excluding hydrogens is 524 g/mol. The topological polar surface area (TPSA) is 81.4 Å². The Labute approximate surface area is 217 Å². The van der Waals surface area contributed by atoms with E-state index in [0.717, 1.165) is 11.1 Å². The lowest BCUT2D eigenvalue weighted by Crippen LogP contribution is -2.11. The molecule has 0 atom stereocenters. The molecule has 1 N–H and O–H groups in total. The molecule has 0 spiro atoms. The smallest absolute Gasteiger partial charge is 0.324 e. The second-order valence-electron chi connectivity index (χ2n) is 8.47. The van der Waals surface area contributed by atoms with E-state index in [4.69, 9.17) is 0 Å². The van der Waals surface area contributed by atoms with Crippen LogP contribution >= 0.6 is 0 Å². The number of hydrogen-bond acceptors (Lipinski definition) is 6. The number of nitrogens with one attached hydrogen (secondary N) is 1. The number of benzene rings is 2. The molecule has 7 nitrogen and oxygen atoms in total. The lowest BCUT2D eigenvalue weighted by molar-refractivity contribution is -0.143. The number of aromatic nitrogens is 6. The molecule has 0 fully saturated rings. The Morgan fingerprint density at radius 2 is 1.54 bits per heavy atom. The van der Waals surface area contributed by atoms with Crippen LogP contribution in [0.15, 0.2) is 79.4 Å². The molecule has 0 aliphatic rings. The summed E-state index contributed by atoms with van der Waals surface area (Å²) in [5, 5.41) is 10.9. The first-order valence-corrected chi connectivity index (χ1v) is 11.3. The standard InChI is InChI=1S/C26H17F6N7/c1-15-4-5-20(12-22(15)36-24-34-8-6-21(35-24)16-3-2-7-33-13-16)39-14-23(37-38-39)17-9-18(25(27,28)29)11-19(10-17)26(30,31)32/h2-14H,1H3,(H,34,35,36). The molecule has 39 heavy (non-hydrogen) atoms. The number of anilines is 2. The van der Waals surface area contributed by atoms with Crippen LogP contribution in [0.4, 0.5) is 38.0 Å². The van der Waals surface area contributed by atoms with Crippen LogP contribution in [0.1, 0.15) is 16.7 Å². The van der Waals surface area contributed by atoms with E-state index in [1.807, 2.05) is 13.0 Å². The molecule has 0 amide bonds. The van der Waals surface area contributed by atoms with Crippen molar-refractivity contribution in [3.8, 4) is 28.2 Å². The highest BCUT2D eigenvalue weighted by atomic mass is 19.4.